The second kappa shape index (κ2) is 20.2. The molecule has 3 saturated heterocycles. The normalized spacial score (nSPS) is 45.7. The molecule has 0 amide bonds. The maximum Gasteiger partial charge on any atom is 0.311 e. The van der Waals surface area contributed by atoms with E-state index in [4.69, 9.17) is 37.9 Å². The molecule has 16 heteroatoms. The van der Waals surface area contributed by atoms with Gasteiger partial charge in [-0.2, -0.15) is 0 Å². The van der Waals surface area contributed by atoms with Gasteiger partial charge in [0.05, 0.1) is 60.7 Å². The Morgan fingerprint density at radius 2 is 1.49 bits per heavy atom. The predicted octanol–water partition coefficient (Wildman–Crippen LogP) is 2.94. The van der Waals surface area contributed by atoms with Crippen LogP contribution in [0.25, 0.3) is 0 Å². The van der Waals surface area contributed by atoms with E-state index in [1.165, 1.54) is 21.1 Å². The van der Waals surface area contributed by atoms with Gasteiger partial charge in [-0.15, -0.1) is 0 Å². The molecule has 3 aliphatic heterocycles. The minimum atomic E-state index is -1.99. The summed E-state index contributed by atoms with van der Waals surface area (Å²) in [7, 11) is 6.78. The number of likely N-dealkylation sites (N-methyl/N-ethyl adjacent to an activating group) is 1. The minimum absolute atomic E-state index is 0.0775. The Labute approximate surface area is 339 Å². The lowest BCUT2D eigenvalue weighted by atomic mass is 9.74. The average molecular weight is 820 g/mol. The number of ether oxygens (including phenoxy) is 8. The number of carbonyl (C=O) groups excluding carboxylic acids is 2. The van der Waals surface area contributed by atoms with Crippen LogP contribution in [0.5, 0.6) is 0 Å². The van der Waals surface area contributed by atoms with Gasteiger partial charge in [-0.25, -0.2) is 0 Å². The summed E-state index contributed by atoms with van der Waals surface area (Å²) in [5.41, 5.74) is -4.35. The number of hydrogen-bond acceptors (Lipinski definition) is 15. The fraction of sp³-hybridized carbons (Fsp3) is 0.927. The summed E-state index contributed by atoms with van der Waals surface area (Å²) < 4.78 is 50.8. The molecule has 0 bridgehead atoms. The lowest BCUT2D eigenvalue weighted by molar-refractivity contribution is -0.322. The lowest BCUT2D eigenvalue weighted by Gasteiger charge is -2.50. The molecule has 4 N–H and O–H groups in total. The number of carboxylic acid groups (broad SMARTS) is 1. The molecule has 332 valence electrons. The first-order valence-electron chi connectivity index (χ1n) is 20.4. The van der Waals surface area contributed by atoms with Gasteiger partial charge in [-0.05, 0) is 74.9 Å². The number of methoxy groups -OCH3 is 2. The molecule has 0 radical (unpaired) electrons. The molecule has 3 rings (SSSR count). The number of aliphatic hydroxyl groups is 3. The topological polar surface area (TPSA) is 209 Å². The Balaban J connectivity index is 2.26. The lowest BCUT2D eigenvalue weighted by Crippen LogP contribution is -2.62. The molecular formula is C41H73NO15. The van der Waals surface area contributed by atoms with Crippen LogP contribution in [0.1, 0.15) is 101 Å². The van der Waals surface area contributed by atoms with E-state index in [1.807, 2.05) is 32.8 Å². The highest BCUT2D eigenvalue weighted by Crippen LogP contribution is 2.42. The minimum Gasteiger partial charge on any atom is -0.481 e. The van der Waals surface area contributed by atoms with Gasteiger partial charge in [0.1, 0.15) is 29.7 Å². The van der Waals surface area contributed by atoms with Crippen LogP contribution in [0, 0.1) is 23.7 Å². The first-order chi connectivity index (χ1) is 26.4. The molecule has 0 aromatic carbocycles. The largest absolute Gasteiger partial charge is 0.481 e. The molecule has 18 atom stereocenters. The van der Waals surface area contributed by atoms with Crippen molar-refractivity contribution in [1.82, 2.24) is 4.90 Å². The SMILES string of the molecule is CC[C@H]1OC(=O)[C@H](C)[C@@H](O[C@H]2C[C@@](C)(OC)[C@@H](O)[C@H](C)O2)[C@H](C)[C@@H](O[C@@H]2O[C@H](C)C[C@H](N(C)C)[C@H]2OCCC(=O)O)[C@@](C)(OC)C[C@@H](C)C(=O)[C@H](C)[C@@H](O)[C@]1(C)O. The van der Waals surface area contributed by atoms with Crippen molar-refractivity contribution in [2.45, 2.75) is 186 Å². The summed E-state index contributed by atoms with van der Waals surface area (Å²) >= 11 is 0. The predicted molar refractivity (Wildman–Crippen MR) is 207 cm³/mol. The van der Waals surface area contributed by atoms with Crippen molar-refractivity contribution in [1.29, 1.82) is 0 Å². The van der Waals surface area contributed by atoms with Crippen LogP contribution < -0.4 is 0 Å². The van der Waals surface area contributed by atoms with Gasteiger partial charge in [0, 0.05) is 44.4 Å². The Morgan fingerprint density at radius 3 is 2.04 bits per heavy atom. The van der Waals surface area contributed by atoms with Gasteiger partial charge < -0.3 is 63.2 Å². The van der Waals surface area contributed by atoms with Crippen molar-refractivity contribution in [3.63, 3.8) is 0 Å². The summed E-state index contributed by atoms with van der Waals surface area (Å²) in [4.78, 5) is 41.9. The molecule has 16 nitrogen and oxygen atoms in total. The van der Waals surface area contributed by atoms with Crippen molar-refractivity contribution in [2.75, 3.05) is 34.9 Å². The quantitative estimate of drug-likeness (QED) is 0.209. The van der Waals surface area contributed by atoms with E-state index in [9.17, 15) is 34.8 Å². The van der Waals surface area contributed by atoms with Crippen LogP contribution in [-0.2, 0) is 52.3 Å². The van der Waals surface area contributed by atoms with Crippen molar-refractivity contribution < 1.29 is 72.7 Å². The van der Waals surface area contributed by atoms with E-state index in [-0.39, 0.29) is 50.2 Å². The zero-order chi connectivity index (χ0) is 43.4. The number of nitrogens with zero attached hydrogens (tertiary/aromatic N) is 1. The highest BCUT2D eigenvalue weighted by Gasteiger charge is 2.54. The number of carboxylic acids is 1. The van der Waals surface area contributed by atoms with Crippen LogP contribution in [-0.4, -0.2) is 162 Å². The number of Topliss-reactive ketones (excluding diaryl/α,β-unsaturated/α-hetero) is 1. The van der Waals surface area contributed by atoms with Crippen molar-refractivity contribution in [2.24, 2.45) is 23.7 Å². The zero-order valence-corrected chi connectivity index (χ0v) is 36.6. The van der Waals surface area contributed by atoms with Crippen molar-refractivity contribution >= 4 is 17.7 Å². The number of cyclic esters (lactones) is 1. The maximum absolute atomic E-state index is 14.3. The third-order valence-corrected chi connectivity index (χ3v) is 12.9. The first-order valence-corrected chi connectivity index (χ1v) is 20.4. The van der Waals surface area contributed by atoms with Crippen LogP contribution in [0.4, 0.5) is 0 Å². The fourth-order valence-electron chi connectivity index (χ4n) is 9.03. The Morgan fingerprint density at radius 1 is 0.877 bits per heavy atom. The van der Waals surface area contributed by atoms with E-state index < -0.39 is 108 Å². The summed E-state index contributed by atoms with van der Waals surface area (Å²) in [6.45, 7) is 16.9. The monoisotopic (exact) mass is 819 g/mol. The second-order valence-electron chi connectivity index (χ2n) is 17.6. The second-order valence-corrected chi connectivity index (χ2v) is 17.6. The van der Waals surface area contributed by atoms with Crippen molar-refractivity contribution in [3.8, 4) is 0 Å². The molecule has 0 unspecified atom stereocenters. The standard InChI is InChI=1S/C41H73NO15/c1-15-28-41(10,49)34(46)23(4)31(45)21(2)19-40(9,51-14)36(57-38-33(52-17-16-29(43)44)27(42(11)12)18-22(3)53-38)24(5)32(25(6)37(48)55-28)56-30-20-39(8,50-13)35(47)26(7)54-30/h21-28,30,32-36,38,46-47,49H,15-20H2,1-14H3,(H,43,44)/t21-,22-,23+,24+,25-,26+,27+,28-,30+,32+,33-,34-,35+,36-,38+,39-,40+,41-/m1/s1. The Bertz CT molecular complexity index is 1330. The van der Waals surface area contributed by atoms with Gasteiger partial charge in [-0.3, -0.25) is 14.4 Å². The number of aliphatic hydroxyl groups excluding tert-OH is 2. The number of rotatable bonds is 12. The van der Waals surface area contributed by atoms with Crippen LogP contribution in [0.2, 0.25) is 0 Å². The van der Waals surface area contributed by atoms with E-state index in [2.05, 4.69) is 0 Å². The Hall–Kier alpha value is -1.83. The maximum atomic E-state index is 14.3. The third kappa shape index (κ3) is 11.3. The molecule has 57 heavy (non-hydrogen) atoms. The third-order valence-electron chi connectivity index (χ3n) is 12.9. The molecule has 3 fully saturated rings. The zero-order valence-electron chi connectivity index (χ0n) is 36.6. The van der Waals surface area contributed by atoms with Gasteiger partial charge >= 0.3 is 11.9 Å². The molecule has 0 aliphatic carbocycles. The highest BCUT2D eigenvalue weighted by atomic mass is 16.7. The Kier molecular flexibility index (Phi) is 17.5. The average Bonchev–Trinajstić information content (AvgIpc) is 3.15. The smallest absolute Gasteiger partial charge is 0.311 e. The molecule has 0 spiro atoms. The summed E-state index contributed by atoms with van der Waals surface area (Å²) in [6, 6.07) is -0.243. The summed E-state index contributed by atoms with van der Waals surface area (Å²) in [5.74, 6) is -5.69. The van der Waals surface area contributed by atoms with E-state index >= 15 is 0 Å². The molecule has 0 aromatic rings. The summed E-state index contributed by atoms with van der Waals surface area (Å²) in [5, 5.41) is 43.6. The molecule has 0 saturated carbocycles. The molecule has 3 heterocycles. The number of hydrogen-bond donors (Lipinski definition) is 4. The van der Waals surface area contributed by atoms with E-state index in [1.54, 1.807) is 48.5 Å². The molecular weight excluding hydrogens is 746 g/mol. The van der Waals surface area contributed by atoms with Gasteiger partial charge in [0.25, 0.3) is 0 Å². The van der Waals surface area contributed by atoms with Gasteiger partial charge in [0.2, 0.25) is 0 Å². The van der Waals surface area contributed by atoms with Crippen molar-refractivity contribution in [3.05, 3.63) is 0 Å². The van der Waals surface area contributed by atoms with E-state index in [0.29, 0.717) is 6.42 Å². The van der Waals surface area contributed by atoms with Crippen LogP contribution >= 0.6 is 0 Å². The molecule has 0 aromatic heterocycles. The van der Waals surface area contributed by atoms with Gasteiger partial charge in [0.15, 0.2) is 12.6 Å². The fourth-order valence-corrected chi connectivity index (χ4v) is 9.03. The number of esters is 1. The number of ketones is 1. The van der Waals surface area contributed by atoms with E-state index in [0.717, 1.165) is 0 Å². The number of carbonyl (C=O) groups is 3. The molecule has 3 aliphatic rings. The summed E-state index contributed by atoms with van der Waals surface area (Å²) in [6.07, 6.45) is -8.99. The van der Waals surface area contributed by atoms with Gasteiger partial charge in [-0.1, -0.05) is 27.7 Å². The highest BCUT2D eigenvalue weighted by molar-refractivity contribution is 5.83. The number of aliphatic carboxylic acids is 1. The van der Waals surface area contributed by atoms with Crippen LogP contribution in [0.3, 0.4) is 0 Å². The van der Waals surface area contributed by atoms with Crippen LogP contribution in [0.15, 0.2) is 0 Å². The first kappa shape index (κ1) is 49.5.